The minimum absolute atomic E-state index is 0.104. The highest BCUT2D eigenvalue weighted by atomic mass is 79.9. The zero-order chi connectivity index (χ0) is 10.0. The number of nitrogens with two attached hydrogens (primary N) is 1. The van der Waals surface area contributed by atoms with Crippen molar-refractivity contribution in [2.75, 3.05) is 0 Å². The predicted octanol–water partition coefficient (Wildman–Crippen LogP) is 1.75. The molecule has 4 nitrogen and oxygen atoms in total. The van der Waals surface area contributed by atoms with Crippen LogP contribution in [0.2, 0.25) is 10.0 Å². The summed E-state index contributed by atoms with van der Waals surface area (Å²) in [4.78, 5) is 14.9. The third-order valence-electron chi connectivity index (χ3n) is 1.29. The van der Waals surface area contributed by atoms with Crippen LogP contribution in [0.25, 0.3) is 0 Å². The van der Waals surface area contributed by atoms with Crippen LogP contribution >= 0.6 is 39.1 Å². The van der Waals surface area contributed by atoms with Gasteiger partial charge in [-0.15, -0.1) is 0 Å². The van der Waals surface area contributed by atoms with Gasteiger partial charge in [0.1, 0.15) is 4.60 Å². The molecule has 0 aliphatic rings. The van der Waals surface area contributed by atoms with Crippen molar-refractivity contribution in [1.29, 1.82) is 0 Å². The second kappa shape index (κ2) is 4.23. The molecule has 1 aromatic heterocycles. The van der Waals surface area contributed by atoms with Crippen LogP contribution in [0.4, 0.5) is 0 Å². The summed E-state index contributed by atoms with van der Waals surface area (Å²) < 4.78 is 0.345. The molecule has 7 heteroatoms. The molecule has 13 heavy (non-hydrogen) atoms. The Bertz CT molecular complexity index is 358. The summed E-state index contributed by atoms with van der Waals surface area (Å²) >= 11 is 14.5. The van der Waals surface area contributed by atoms with Crippen molar-refractivity contribution in [3.8, 4) is 0 Å². The number of rotatable bonds is 1. The maximum atomic E-state index is 11.2. The Labute approximate surface area is 92.5 Å². The van der Waals surface area contributed by atoms with Crippen molar-refractivity contribution in [2.45, 2.75) is 0 Å². The van der Waals surface area contributed by atoms with Crippen molar-refractivity contribution in [2.24, 2.45) is 5.84 Å². The molecule has 0 unspecified atom stereocenters. The molecule has 0 saturated heterocycles. The number of nitrogen functional groups attached to an aromatic ring is 1. The second-order valence-corrected chi connectivity index (χ2v) is 3.60. The summed E-state index contributed by atoms with van der Waals surface area (Å²) in [6.45, 7) is 0. The first kappa shape index (κ1) is 10.7. The summed E-state index contributed by atoms with van der Waals surface area (Å²) in [5.74, 6) is 4.38. The maximum absolute atomic E-state index is 11.2. The van der Waals surface area contributed by atoms with Crippen LogP contribution in [0, 0.1) is 0 Å². The molecule has 0 aliphatic carbocycles. The van der Waals surface area contributed by atoms with Crippen molar-refractivity contribution in [1.82, 2.24) is 10.4 Å². The van der Waals surface area contributed by atoms with E-state index in [2.05, 4.69) is 20.9 Å². The fraction of sp³-hybridized carbons (Fsp3) is 0. The van der Waals surface area contributed by atoms with Gasteiger partial charge in [-0.05, 0) is 15.9 Å². The topological polar surface area (TPSA) is 68.0 Å². The van der Waals surface area contributed by atoms with E-state index in [-0.39, 0.29) is 15.6 Å². The fourth-order valence-corrected chi connectivity index (χ4v) is 1.54. The van der Waals surface area contributed by atoms with Gasteiger partial charge in [0.25, 0.3) is 5.91 Å². The van der Waals surface area contributed by atoms with Gasteiger partial charge >= 0.3 is 0 Å². The highest BCUT2D eigenvalue weighted by Crippen LogP contribution is 2.29. The summed E-state index contributed by atoms with van der Waals surface area (Å²) in [7, 11) is 0. The second-order valence-electron chi connectivity index (χ2n) is 2.06. The van der Waals surface area contributed by atoms with E-state index in [0.717, 1.165) is 0 Å². The summed E-state index contributed by atoms with van der Waals surface area (Å²) in [5.41, 5.74) is 2.04. The van der Waals surface area contributed by atoms with E-state index < -0.39 is 5.91 Å². The zero-order valence-corrected chi connectivity index (χ0v) is 9.24. The molecule has 70 valence electrons. The van der Waals surface area contributed by atoms with Gasteiger partial charge in [0.05, 0.1) is 15.6 Å². The Morgan fingerprint density at radius 1 is 1.62 bits per heavy atom. The van der Waals surface area contributed by atoms with Crippen LogP contribution in [-0.2, 0) is 0 Å². The molecule has 0 radical (unpaired) electrons. The molecule has 0 aromatic carbocycles. The van der Waals surface area contributed by atoms with Crippen LogP contribution in [-0.4, -0.2) is 10.9 Å². The van der Waals surface area contributed by atoms with Crippen LogP contribution in [0.5, 0.6) is 0 Å². The molecule has 0 aliphatic heterocycles. The van der Waals surface area contributed by atoms with E-state index in [1.807, 2.05) is 5.43 Å². The smallest absolute Gasteiger partial charge is 0.268 e. The van der Waals surface area contributed by atoms with Crippen LogP contribution in [0.15, 0.2) is 10.8 Å². The number of carbonyl (C=O) groups excluding carboxylic acids is 1. The number of aromatic nitrogens is 1. The zero-order valence-electron chi connectivity index (χ0n) is 6.14. The number of carbonyl (C=O) groups is 1. The first-order valence-electron chi connectivity index (χ1n) is 3.08. The average Bonchev–Trinajstić information content (AvgIpc) is 2.12. The van der Waals surface area contributed by atoms with Crippen molar-refractivity contribution in [3.05, 3.63) is 26.4 Å². The fourth-order valence-electron chi connectivity index (χ4n) is 0.723. The predicted molar refractivity (Wildman–Crippen MR) is 53.6 cm³/mol. The molecule has 0 atom stereocenters. The molecular formula is C6H4BrCl2N3O. The van der Waals surface area contributed by atoms with Gasteiger partial charge < -0.3 is 0 Å². The molecule has 0 bridgehead atoms. The van der Waals surface area contributed by atoms with Crippen molar-refractivity contribution < 1.29 is 4.79 Å². The Morgan fingerprint density at radius 2 is 2.23 bits per heavy atom. The maximum Gasteiger partial charge on any atom is 0.268 e. The minimum Gasteiger partial charge on any atom is -0.290 e. The molecule has 3 N–H and O–H groups in total. The number of hydrogen-bond donors (Lipinski definition) is 2. The number of amides is 1. The van der Waals surface area contributed by atoms with Crippen molar-refractivity contribution in [3.63, 3.8) is 0 Å². The van der Waals surface area contributed by atoms with E-state index in [4.69, 9.17) is 29.0 Å². The van der Waals surface area contributed by atoms with Gasteiger partial charge in [-0.3, -0.25) is 10.2 Å². The van der Waals surface area contributed by atoms with Gasteiger partial charge in [-0.1, -0.05) is 23.2 Å². The van der Waals surface area contributed by atoms with E-state index in [1.165, 1.54) is 6.20 Å². The lowest BCUT2D eigenvalue weighted by Gasteiger charge is -2.05. The van der Waals surface area contributed by atoms with E-state index in [9.17, 15) is 4.79 Å². The third-order valence-corrected chi connectivity index (χ3v) is 2.77. The van der Waals surface area contributed by atoms with Gasteiger partial charge in [0.15, 0.2) is 0 Å². The molecule has 0 spiro atoms. The number of nitrogens with one attached hydrogen (secondary N) is 1. The number of pyridine rings is 1. The first-order valence-corrected chi connectivity index (χ1v) is 4.63. The Morgan fingerprint density at radius 3 is 2.77 bits per heavy atom. The van der Waals surface area contributed by atoms with Gasteiger partial charge in [-0.2, -0.15) is 0 Å². The summed E-state index contributed by atoms with van der Waals surface area (Å²) in [6, 6.07) is 0. The lowest BCUT2D eigenvalue weighted by atomic mass is 10.2. The molecule has 0 saturated carbocycles. The molecule has 1 aromatic rings. The monoisotopic (exact) mass is 283 g/mol. The Kier molecular flexibility index (Phi) is 3.49. The van der Waals surface area contributed by atoms with E-state index in [1.54, 1.807) is 0 Å². The van der Waals surface area contributed by atoms with Crippen LogP contribution in [0.1, 0.15) is 10.4 Å². The molecule has 1 rings (SSSR count). The van der Waals surface area contributed by atoms with Crippen LogP contribution in [0.3, 0.4) is 0 Å². The highest BCUT2D eigenvalue weighted by molar-refractivity contribution is 9.10. The van der Waals surface area contributed by atoms with E-state index >= 15 is 0 Å². The molecular weight excluding hydrogens is 281 g/mol. The lowest BCUT2D eigenvalue weighted by Crippen LogP contribution is -2.30. The third kappa shape index (κ3) is 2.11. The SMILES string of the molecule is NNC(=O)c1c(Cl)cnc(Br)c1Cl. The standard InChI is InChI=1S/C6H4BrCl2N3O/c7-5-4(9)3(6(13)12-10)2(8)1-11-5/h1H,10H2,(H,12,13). The largest absolute Gasteiger partial charge is 0.290 e. The van der Waals surface area contributed by atoms with Crippen molar-refractivity contribution >= 4 is 45.0 Å². The summed E-state index contributed by atoms with van der Waals surface area (Å²) in [6.07, 6.45) is 1.31. The summed E-state index contributed by atoms with van der Waals surface area (Å²) in [5, 5.41) is 0.284. The first-order chi connectivity index (χ1) is 6.07. The Hall–Kier alpha value is -0.360. The van der Waals surface area contributed by atoms with E-state index in [0.29, 0.717) is 4.60 Å². The van der Waals surface area contributed by atoms with Gasteiger partial charge in [-0.25, -0.2) is 10.8 Å². The van der Waals surface area contributed by atoms with Gasteiger partial charge in [0.2, 0.25) is 0 Å². The highest BCUT2D eigenvalue weighted by Gasteiger charge is 2.16. The minimum atomic E-state index is -0.557. The van der Waals surface area contributed by atoms with Crippen LogP contribution < -0.4 is 11.3 Å². The molecule has 1 heterocycles. The normalized spacial score (nSPS) is 9.85. The Balaban J connectivity index is 3.33. The number of hydrogen-bond acceptors (Lipinski definition) is 3. The quantitative estimate of drug-likeness (QED) is 0.357. The number of nitrogens with zero attached hydrogens (tertiary/aromatic N) is 1. The van der Waals surface area contributed by atoms with Gasteiger partial charge in [0, 0.05) is 6.20 Å². The molecule has 0 fully saturated rings. The number of hydrazine groups is 1. The number of halogens is 3. The molecule has 1 amide bonds. The average molecular weight is 285 g/mol. The lowest BCUT2D eigenvalue weighted by molar-refractivity contribution is 0.0954.